The van der Waals surface area contributed by atoms with Crippen molar-refractivity contribution in [3.05, 3.63) is 64.9 Å². The topological polar surface area (TPSA) is 97.8 Å². The number of carbonyl (C=O) groups excluding carboxylic acids is 1. The van der Waals surface area contributed by atoms with Gasteiger partial charge in [0.2, 0.25) is 5.82 Å². The van der Waals surface area contributed by atoms with Gasteiger partial charge in [-0.25, -0.2) is 9.48 Å². The van der Waals surface area contributed by atoms with Crippen molar-refractivity contribution < 1.29 is 9.21 Å². The van der Waals surface area contributed by atoms with Crippen LogP contribution in [-0.2, 0) is 6.54 Å². The first kappa shape index (κ1) is 16.6. The number of furan rings is 1. The van der Waals surface area contributed by atoms with Gasteiger partial charge in [-0.3, -0.25) is 9.36 Å². The zero-order chi connectivity index (χ0) is 19.1. The average Bonchev–Trinajstić information content (AvgIpc) is 3.11. The third-order valence-corrected chi connectivity index (χ3v) is 4.91. The maximum atomic E-state index is 12.7. The smallest absolute Gasteiger partial charge is 0.346 e. The van der Waals surface area contributed by atoms with E-state index in [0.717, 1.165) is 23.7 Å². The molecule has 1 saturated carbocycles. The van der Waals surface area contributed by atoms with Crippen LogP contribution in [0.4, 0.5) is 0 Å². The normalized spacial score (nSPS) is 13.9. The zero-order valence-corrected chi connectivity index (χ0v) is 15.1. The Hall–Kier alpha value is -3.55. The number of nitrogens with zero attached hydrogens (tertiary/aromatic N) is 3. The summed E-state index contributed by atoms with van der Waals surface area (Å²) in [6.45, 7) is 0.589. The SMILES string of the molecule is O=C(NCCn1nc(-c2ccco2)n(C2CC2)c1=O)c1cc2ccccc2[nH]1. The van der Waals surface area contributed by atoms with Crippen LogP contribution in [0.1, 0.15) is 29.4 Å². The quantitative estimate of drug-likeness (QED) is 0.539. The Labute approximate surface area is 159 Å². The molecule has 8 heteroatoms. The minimum Gasteiger partial charge on any atom is -0.461 e. The van der Waals surface area contributed by atoms with Crippen molar-refractivity contribution >= 4 is 16.8 Å². The molecule has 1 fully saturated rings. The van der Waals surface area contributed by atoms with Gasteiger partial charge in [0.15, 0.2) is 5.76 Å². The second-order valence-electron chi connectivity index (χ2n) is 6.93. The van der Waals surface area contributed by atoms with Gasteiger partial charge in [-0.2, -0.15) is 0 Å². The maximum Gasteiger partial charge on any atom is 0.346 e. The number of nitrogens with one attached hydrogen (secondary N) is 2. The van der Waals surface area contributed by atoms with Gasteiger partial charge in [-0.15, -0.1) is 5.10 Å². The summed E-state index contributed by atoms with van der Waals surface area (Å²) in [6, 6.07) is 13.3. The van der Waals surface area contributed by atoms with E-state index in [4.69, 9.17) is 4.42 Å². The van der Waals surface area contributed by atoms with Crippen LogP contribution < -0.4 is 11.0 Å². The molecule has 1 aliphatic carbocycles. The Balaban J connectivity index is 1.31. The Morgan fingerprint density at radius 2 is 2.11 bits per heavy atom. The Kier molecular flexibility index (Phi) is 3.89. The van der Waals surface area contributed by atoms with Gasteiger partial charge < -0.3 is 14.7 Å². The third-order valence-electron chi connectivity index (χ3n) is 4.91. The van der Waals surface area contributed by atoms with E-state index in [9.17, 15) is 9.59 Å². The van der Waals surface area contributed by atoms with Gasteiger partial charge in [0.05, 0.1) is 12.8 Å². The number of para-hydroxylation sites is 1. The predicted molar refractivity (Wildman–Crippen MR) is 103 cm³/mol. The summed E-state index contributed by atoms with van der Waals surface area (Å²) < 4.78 is 8.51. The molecule has 28 heavy (non-hydrogen) atoms. The molecule has 8 nitrogen and oxygen atoms in total. The van der Waals surface area contributed by atoms with Crippen molar-refractivity contribution in [2.75, 3.05) is 6.54 Å². The molecule has 0 unspecified atom stereocenters. The molecule has 0 radical (unpaired) electrons. The molecule has 1 aliphatic rings. The van der Waals surface area contributed by atoms with E-state index in [2.05, 4.69) is 15.4 Å². The number of fused-ring (bicyclic) bond motifs is 1. The number of amides is 1. The standard InChI is InChI=1S/C20H19N5O3/c26-19(16-12-13-4-1-2-5-15(13)22-16)21-9-10-24-20(27)25(14-7-8-14)18(23-24)17-6-3-11-28-17/h1-6,11-12,14,22H,7-10H2,(H,21,26). The van der Waals surface area contributed by atoms with Gasteiger partial charge in [-0.05, 0) is 37.1 Å². The molecular formula is C20H19N5O3. The molecule has 3 heterocycles. The minimum atomic E-state index is -0.211. The van der Waals surface area contributed by atoms with E-state index in [1.807, 2.05) is 30.3 Å². The highest BCUT2D eigenvalue weighted by Gasteiger charge is 2.31. The van der Waals surface area contributed by atoms with Gasteiger partial charge in [0.1, 0.15) is 5.69 Å². The van der Waals surface area contributed by atoms with Crippen LogP contribution in [0.2, 0.25) is 0 Å². The van der Waals surface area contributed by atoms with Gasteiger partial charge >= 0.3 is 5.69 Å². The Bertz CT molecular complexity index is 1160. The predicted octanol–water partition coefficient (Wildman–Crippen LogP) is 2.55. The Morgan fingerprint density at radius 3 is 2.86 bits per heavy atom. The van der Waals surface area contributed by atoms with Gasteiger partial charge in [0.25, 0.3) is 5.91 Å². The average molecular weight is 377 g/mol. The summed E-state index contributed by atoms with van der Waals surface area (Å²) >= 11 is 0. The van der Waals surface area contributed by atoms with Crippen molar-refractivity contribution in [1.82, 2.24) is 24.6 Å². The van der Waals surface area contributed by atoms with Crippen LogP contribution in [0.25, 0.3) is 22.5 Å². The van der Waals surface area contributed by atoms with E-state index in [1.165, 1.54) is 4.68 Å². The van der Waals surface area contributed by atoms with Crippen LogP contribution in [0.5, 0.6) is 0 Å². The lowest BCUT2D eigenvalue weighted by atomic mass is 10.2. The molecule has 1 aromatic carbocycles. The summed E-state index contributed by atoms with van der Waals surface area (Å²) in [5.74, 6) is 0.904. The highest BCUT2D eigenvalue weighted by atomic mass is 16.3. The molecule has 0 bridgehead atoms. The molecule has 1 amide bonds. The number of hydrogen-bond donors (Lipinski definition) is 2. The van der Waals surface area contributed by atoms with Crippen molar-refractivity contribution in [1.29, 1.82) is 0 Å². The molecule has 0 saturated heterocycles. The fourth-order valence-corrected chi connectivity index (χ4v) is 3.37. The summed E-state index contributed by atoms with van der Waals surface area (Å²) in [6.07, 6.45) is 3.50. The highest BCUT2D eigenvalue weighted by Crippen LogP contribution is 2.36. The molecule has 5 rings (SSSR count). The van der Waals surface area contributed by atoms with Crippen LogP contribution >= 0.6 is 0 Å². The van der Waals surface area contributed by atoms with Crippen LogP contribution in [-0.4, -0.2) is 31.8 Å². The molecular weight excluding hydrogens is 358 g/mol. The van der Waals surface area contributed by atoms with Crippen LogP contribution in [0.3, 0.4) is 0 Å². The largest absolute Gasteiger partial charge is 0.461 e. The summed E-state index contributed by atoms with van der Waals surface area (Å²) in [7, 11) is 0. The number of aromatic nitrogens is 4. The summed E-state index contributed by atoms with van der Waals surface area (Å²) in [5, 5.41) is 8.26. The van der Waals surface area contributed by atoms with Crippen LogP contribution in [0, 0.1) is 0 Å². The van der Waals surface area contributed by atoms with Crippen molar-refractivity contribution in [2.45, 2.75) is 25.4 Å². The van der Waals surface area contributed by atoms with E-state index in [-0.39, 0.29) is 24.2 Å². The van der Waals surface area contributed by atoms with E-state index in [0.29, 0.717) is 23.8 Å². The first-order valence-corrected chi connectivity index (χ1v) is 9.30. The first-order valence-electron chi connectivity index (χ1n) is 9.30. The number of carbonyl (C=O) groups is 1. The minimum absolute atomic E-state index is 0.172. The van der Waals surface area contributed by atoms with Gasteiger partial charge in [0, 0.05) is 23.5 Å². The van der Waals surface area contributed by atoms with Crippen molar-refractivity contribution in [2.24, 2.45) is 0 Å². The molecule has 142 valence electrons. The van der Waals surface area contributed by atoms with Gasteiger partial charge in [-0.1, -0.05) is 18.2 Å². The summed E-state index contributed by atoms with van der Waals surface area (Å²) in [4.78, 5) is 28.2. The molecule has 2 N–H and O–H groups in total. The van der Waals surface area contributed by atoms with Crippen molar-refractivity contribution in [3.63, 3.8) is 0 Å². The fourth-order valence-electron chi connectivity index (χ4n) is 3.37. The lowest BCUT2D eigenvalue weighted by Gasteiger charge is -2.03. The lowest BCUT2D eigenvalue weighted by Crippen LogP contribution is -2.32. The molecule has 0 atom stereocenters. The number of hydrogen-bond acceptors (Lipinski definition) is 4. The fraction of sp³-hybridized carbons (Fsp3) is 0.250. The molecule has 3 aromatic heterocycles. The van der Waals surface area contributed by atoms with E-state index >= 15 is 0 Å². The van der Waals surface area contributed by atoms with Crippen molar-refractivity contribution in [3.8, 4) is 11.6 Å². The molecule has 4 aromatic rings. The zero-order valence-electron chi connectivity index (χ0n) is 15.1. The number of benzene rings is 1. The maximum absolute atomic E-state index is 12.7. The number of rotatable bonds is 6. The second kappa shape index (κ2) is 6.56. The number of aromatic amines is 1. The second-order valence-corrected chi connectivity index (χ2v) is 6.93. The summed E-state index contributed by atoms with van der Waals surface area (Å²) in [5.41, 5.74) is 1.23. The monoisotopic (exact) mass is 377 g/mol. The van der Waals surface area contributed by atoms with Crippen LogP contribution in [0.15, 0.2) is 57.9 Å². The number of H-pyrrole nitrogens is 1. The molecule has 0 spiro atoms. The lowest BCUT2D eigenvalue weighted by molar-refractivity contribution is 0.0947. The van der Waals surface area contributed by atoms with E-state index < -0.39 is 0 Å². The molecule has 0 aliphatic heterocycles. The highest BCUT2D eigenvalue weighted by molar-refractivity contribution is 5.97. The third kappa shape index (κ3) is 2.92. The first-order chi connectivity index (χ1) is 13.7. The Morgan fingerprint density at radius 1 is 1.25 bits per heavy atom. The van der Waals surface area contributed by atoms with E-state index in [1.54, 1.807) is 23.0 Å².